The van der Waals surface area contributed by atoms with Crippen molar-refractivity contribution in [3.05, 3.63) is 0 Å². The SMILES string of the molecule is CCO[Si](CCCOCC1CN2CC(C)O[Si](OCC)(OC(C)C2)O1)(OCC)OCC. The van der Waals surface area contributed by atoms with Crippen molar-refractivity contribution < 1.29 is 35.7 Å². The first kappa shape index (κ1) is 27.3. The van der Waals surface area contributed by atoms with Crippen molar-refractivity contribution in [2.75, 3.05) is 59.3 Å². The Balaban J connectivity index is 1.89. The lowest BCUT2D eigenvalue weighted by atomic mass is 10.2. The first-order valence-corrected chi connectivity index (χ1v) is 15.4. The minimum atomic E-state index is -3.21. The number of hydrogen-bond acceptors (Lipinski definition) is 9. The van der Waals surface area contributed by atoms with Crippen LogP contribution in [-0.4, -0.2) is 100 Å². The molecule has 11 heteroatoms. The Morgan fingerprint density at radius 3 is 1.94 bits per heavy atom. The lowest BCUT2D eigenvalue weighted by Gasteiger charge is -2.44. The van der Waals surface area contributed by atoms with Crippen LogP contribution in [-0.2, 0) is 35.7 Å². The van der Waals surface area contributed by atoms with Gasteiger partial charge in [-0.25, -0.2) is 0 Å². The highest BCUT2D eigenvalue weighted by Gasteiger charge is 2.53. The number of rotatable bonds is 14. The van der Waals surface area contributed by atoms with Gasteiger partial charge in [-0.3, -0.25) is 4.90 Å². The molecule has 2 bridgehead atoms. The molecule has 0 aliphatic carbocycles. The van der Waals surface area contributed by atoms with Crippen LogP contribution in [0.5, 0.6) is 0 Å². The fourth-order valence-electron chi connectivity index (χ4n) is 4.10. The number of ether oxygens (including phenoxy) is 1. The molecule has 0 aromatic rings. The zero-order valence-corrected chi connectivity index (χ0v) is 22.2. The van der Waals surface area contributed by atoms with Crippen LogP contribution in [0.15, 0.2) is 0 Å². The molecule has 3 aliphatic rings. The zero-order chi connectivity index (χ0) is 22.7. The highest BCUT2D eigenvalue weighted by molar-refractivity contribution is 6.60. The quantitative estimate of drug-likeness (QED) is 0.275. The predicted molar refractivity (Wildman–Crippen MR) is 121 cm³/mol. The minimum absolute atomic E-state index is 0.00126. The van der Waals surface area contributed by atoms with Gasteiger partial charge in [0.1, 0.15) is 0 Å². The zero-order valence-electron chi connectivity index (χ0n) is 20.2. The second kappa shape index (κ2) is 13.7. The van der Waals surface area contributed by atoms with Crippen LogP contribution in [0.25, 0.3) is 0 Å². The third-order valence-electron chi connectivity index (χ3n) is 4.98. The summed E-state index contributed by atoms with van der Waals surface area (Å²) in [5.41, 5.74) is 0. The summed E-state index contributed by atoms with van der Waals surface area (Å²) in [6.45, 7) is 17.7. The topological polar surface area (TPSA) is 77.1 Å². The van der Waals surface area contributed by atoms with Crippen LogP contribution in [0.3, 0.4) is 0 Å². The summed E-state index contributed by atoms with van der Waals surface area (Å²) in [6.07, 6.45) is 0.645. The van der Waals surface area contributed by atoms with Gasteiger partial charge in [0.15, 0.2) is 0 Å². The van der Waals surface area contributed by atoms with E-state index in [0.717, 1.165) is 32.1 Å². The van der Waals surface area contributed by atoms with Crippen molar-refractivity contribution in [3.8, 4) is 0 Å². The van der Waals surface area contributed by atoms with Gasteiger partial charge < -0.3 is 35.7 Å². The standard InChI is InChI=1S/C20H43NO8Si2/c1-7-23-30(24-8-2,25-9-3)13-11-12-22-17-20-16-21-14-18(5)27-31(29-20,26-10-4)28-19(6)15-21/h18-20H,7-17H2,1-6H3. The maximum absolute atomic E-state index is 6.33. The summed E-state index contributed by atoms with van der Waals surface area (Å²) in [5, 5.41) is 0. The van der Waals surface area contributed by atoms with Gasteiger partial charge in [0.05, 0.1) is 24.9 Å². The molecule has 0 amide bonds. The third kappa shape index (κ3) is 8.74. The van der Waals surface area contributed by atoms with Crippen molar-refractivity contribution in [2.24, 2.45) is 0 Å². The number of fused-ring (bicyclic) bond motifs is 6. The van der Waals surface area contributed by atoms with E-state index in [1.807, 2.05) is 41.5 Å². The summed E-state index contributed by atoms with van der Waals surface area (Å²) >= 11 is 0. The molecule has 0 spiro atoms. The van der Waals surface area contributed by atoms with Crippen molar-refractivity contribution in [1.82, 2.24) is 4.90 Å². The Morgan fingerprint density at radius 1 is 0.839 bits per heavy atom. The van der Waals surface area contributed by atoms with Crippen LogP contribution in [0, 0.1) is 0 Å². The van der Waals surface area contributed by atoms with E-state index in [4.69, 9.17) is 35.7 Å². The molecule has 3 aliphatic heterocycles. The maximum Gasteiger partial charge on any atom is 0.680 e. The van der Waals surface area contributed by atoms with Crippen LogP contribution in [0.2, 0.25) is 6.04 Å². The molecular weight excluding hydrogens is 438 g/mol. The lowest BCUT2D eigenvalue weighted by molar-refractivity contribution is -0.142. The Morgan fingerprint density at radius 2 is 1.42 bits per heavy atom. The van der Waals surface area contributed by atoms with Gasteiger partial charge in [0, 0.05) is 58.7 Å². The van der Waals surface area contributed by atoms with Crippen molar-refractivity contribution in [3.63, 3.8) is 0 Å². The van der Waals surface area contributed by atoms with Gasteiger partial charge >= 0.3 is 17.9 Å². The van der Waals surface area contributed by atoms with Crippen LogP contribution in [0.4, 0.5) is 0 Å². The average molecular weight is 482 g/mol. The molecule has 0 aromatic heterocycles. The van der Waals surface area contributed by atoms with Crippen molar-refractivity contribution >= 4 is 17.9 Å². The maximum atomic E-state index is 6.33. The summed E-state index contributed by atoms with van der Waals surface area (Å²) < 4.78 is 48.4. The summed E-state index contributed by atoms with van der Waals surface area (Å²) in [5.74, 6) is 0. The summed E-state index contributed by atoms with van der Waals surface area (Å²) in [4.78, 5) is 2.32. The van der Waals surface area contributed by atoms with Crippen LogP contribution < -0.4 is 0 Å². The average Bonchev–Trinajstić information content (AvgIpc) is 2.65. The highest BCUT2D eigenvalue weighted by atomic mass is 28.4. The Bertz CT molecular complexity index is 473. The van der Waals surface area contributed by atoms with E-state index in [-0.39, 0.29) is 18.3 Å². The summed E-state index contributed by atoms with van der Waals surface area (Å²) in [6, 6.07) is 0.735. The normalized spacial score (nSPS) is 31.9. The Labute approximate surface area is 190 Å². The van der Waals surface area contributed by atoms with E-state index in [1.54, 1.807) is 0 Å². The van der Waals surface area contributed by atoms with E-state index in [2.05, 4.69) is 4.90 Å². The van der Waals surface area contributed by atoms with E-state index in [0.29, 0.717) is 39.6 Å². The fourth-order valence-corrected chi connectivity index (χ4v) is 9.09. The Kier molecular flexibility index (Phi) is 12.1. The molecule has 31 heavy (non-hydrogen) atoms. The van der Waals surface area contributed by atoms with Gasteiger partial charge in [-0.05, 0) is 48.0 Å². The third-order valence-corrected chi connectivity index (χ3v) is 10.8. The monoisotopic (exact) mass is 481 g/mol. The molecule has 3 unspecified atom stereocenters. The molecule has 3 fully saturated rings. The summed E-state index contributed by atoms with van der Waals surface area (Å²) in [7, 11) is -5.84. The smallest absolute Gasteiger partial charge is 0.379 e. The minimum Gasteiger partial charge on any atom is -0.379 e. The molecule has 3 rings (SSSR count). The van der Waals surface area contributed by atoms with Gasteiger partial charge in [-0.1, -0.05) is 0 Å². The van der Waals surface area contributed by atoms with Gasteiger partial charge in [0.2, 0.25) is 0 Å². The molecule has 184 valence electrons. The largest absolute Gasteiger partial charge is 0.680 e. The number of hydrogen-bond donors (Lipinski definition) is 0. The second-order valence-corrected chi connectivity index (χ2v) is 12.6. The van der Waals surface area contributed by atoms with E-state index in [1.165, 1.54) is 0 Å². The molecule has 3 heterocycles. The van der Waals surface area contributed by atoms with Gasteiger partial charge in [-0.2, -0.15) is 0 Å². The van der Waals surface area contributed by atoms with Crippen molar-refractivity contribution in [2.45, 2.75) is 72.3 Å². The molecule has 3 saturated heterocycles. The van der Waals surface area contributed by atoms with Gasteiger partial charge in [-0.15, -0.1) is 0 Å². The second-order valence-electron chi connectivity index (χ2n) is 7.91. The van der Waals surface area contributed by atoms with Gasteiger partial charge in [0.25, 0.3) is 0 Å². The fraction of sp³-hybridized carbons (Fsp3) is 1.00. The van der Waals surface area contributed by atoms with E-state index < -0.39 is 17.9 Å². The molecular formula is C20H43NO8Si2. The van der Waals surface area contributed by atoms with Crippen LogP contribution >= 0.6 is 0 Å². The molecule has 0 aromatic carbocycles. The van der Waals surface area contributed by atoms with E-state index >= 15 is 0 Å². The van der Waals surface area contributed by atoms with Crippen LogP contribution in [0.1, 0.15) is 48.0 Å². The molecule has 0 radical (unpaired) electrons. The first-order valence-electron chi connectivity index (χ1n) is 11.8. The first-order chi connectivity index (χ1) is 14.9. The predicted octanol–water partition coefficient (Wildman–Crippen LogP) is 2.44. The molecule has 9 nitrogen and oxygen atoms in total. The van der Waals surface area contributed by atoms with E-state index in [9.17, 15) is 0 Å². The molecule has 0 N–H and O–H groups in total. The molecule has 0 saturated carbocycles. The number of nitrogens with zero attached hydrogens (tertiary/aromatic N) is 1. The van der Waals surface area contributed by atoms with Crippen molar-refractivity contribution in [1.29, 1.82) is 0 Å². The Hall–Kier alpha value is 0.0738. The molecule has 3 atom stereocenters. The lowest BCUT2D eigenvalue weighted by Crippen LogP contribution is -2.63. The highest BCUT2D eigenvalue weighted by Crippen LogP contribution is 2.26.